The van der Waals surface area contributed by atoms with Crippen molar-refractivity contribution >= 4 is 21.6 Å². The molecular formula is C15H18ClFN2O2S. The van der Waals surface area contributed by atoms with Gasteiger partial charge in [-0.2, -0.15) is 0 Å². The van der Waals surface area contributed by atoms with Gasteiger partial charge in [-0.1, -0.05) is 29.8 Å². The molecule has 2 aliphatic rings. The van der Waals surface area contributed by atoms with Crippen LogP contribution in [0.1, 0.15) is 12.0 Å². The van der Waals surface area contributed by atoms with Crippen LogP contribution in [0.25, 0.3) is 0 Å². The molecule has 0 aromatic heterocycles. The number of nitrogens with zero attached hydrogens (tertiary/aromatic N) is 2. The third-order valence-corrected chi connectivity index (χ3v) is 6.32. The Morgan fingerprint density at radius 1 is 1.27 bits per heavy atom. The van der Waals surface area contributed by atoms with Crippen molar-refractivity contribution in [2.24, 2.45) is 0 Å². The summed E-state index contributed by atoms with van der Waals surface area (Å²) >= 11 is 5.71. The molecule has 0 aliphatic carbocycles. The zero-order chi connectivity index (χ0) is 15.7. The second kappa shape index (κ2) is 6.28. The lowest BCUT2D eigenvalue weighted by Crippen LogP contribution is -2.37. The van der Waals surface area contributed by atoms with Crippen LogP contribution in [0.3, 0.4) is 0 Å². The van der Waals surface area contributed by atoms with Crippen LogP contribution in [0.4, 0.5) is 4.39 Å². The molecule has 0 radical (unpaired) electrons. The Morgan fingerprint density at radius 3 is 2.68 bits per heavy atom. The summed E-state index contributed by atoms with van der Waals surface area (Å²) < 4.78 is 39.7. The number of sulfonamides is 1. The molecule has 120 valence electrons. The van der Waals surface area contributed by atoms with Crippen molar-refractivity contribution in [1.82, 2.24) is 9.21 Å². The molecular weight excluding hydrogens is 327 g/mol. The van der Waals surface area contributed by atoms with Crippen LogP contribution < -0.4 is 0 Å². The summed E-state index contributed by atoms with van der Waals surface area (Å²) in [5.41, 5.74) is 0.512. The highest BCUT2D eigenvalue weighted by Gasteiger charge is 2.34. The van der Waals surface area contributed by atoms with E-state index >= 15 is 0 Å². The van der Waals surface area contributed by atoms with E-state index in [0.29, 0.717) is 18.7 Å². The lowest BCUT2D eigenvalue weighted by atomic mass is 10.2. The van der Waals surface area contributed by atoms with Crippen molar-refractivity contribution in [2.75, 3.05) is 26.2 Å². The highest BCUT2D eigenvalue weighted by Crippen LogP contribution is 2.24. The minimum absolute atomic E-state index is 0.0462. The summed E-state index contributed by atoms with van der Waals surface area (Å²) in [4.78, 5) is 2.28. The van der Waals surface area contributed by atoms with Crippen LogP contribution in [-0.4, -0.2) is 49.8 Å². The molecule has 1 atom stereocenters. The van der Waals surface area contributed by atoms with Crippen LogP contribution >= 0.6 is 11.6 Å². The van der Waals surface area contributed by atoms with E-state index in [4.69, 9.17) is 11.6 Å². The minimum atomic E-state index is -3.40. The first-order valence-corrected chi connectivity index (χ1v) is 9.25. The SMILES string of the molecule is O=S(=O)(Cc1ccc(F)c(Cl)c1)N1CCC(N2CC=CC2)C1. The summed E-state index contributed by atoms with van der Waals surface area (Å²) in [6.07, 6.45) is 5.07. The highest BCUT2D eigenvalue weighted by atomic mass is 35.5. The lowest BCUT2D eigenvalue weighted by Gasteiger charge is -2.23. The molecule has 2 heterocycles. The van der Waals surface area contributed by atoms with Gasteiger partial charge < -0.3 is 0 Å². The summed E-state index contributed by atoms with van der Waals surface area (Å²) in [7, 11) is -3.40. The predicted molar refractivity (Wildman–Crippen MR) is 84.7 cm³/mol. The van der Waals surface area contributed by atoms with Gasteiger partial charge in [0.05, 0.1) is 10.8 Å². The van der Waals surface area contributed by atoms with Crippen LogP contribution in [0, 0.1) is 5.82 Å². The van der Waals surface area contributed by atoms with E-state index in [2.05, 4.69) is 17.1 Å². The van der Waals surface area contributed by atoms with Crippen LogP contribution in [0.2, 0.25) is 5.02 Å². The molecule has 0 amide bonds. The largest absolute Gasteiger partial charge is 0.292 e. The summed E-state index contributed by atoms with van der Waals surface area (Å²) in [6.45, 7) is 2.86. The van der Waals surface area contributed by atoms with Crippen molar-refractivity contribution in [3.63, 3.8) is 0 Å². The molecule has 1 fully saturated rings. The van der Waals surface area contributed by atoms with Gasteiger partial charge in [0.2, 0.25) is 10.0 Å². The normalized spacial score (nSPS) is 23.5. The maximum absolute atomic E-state index is 13.2. The van der Waals surface area contributed by atoms with Gasteiger partial charge in [0.25, 0.3) is 0 Å². The molecule has 1 aromatic rings. The molecule has 7 heteroatoms. The predicted octanol–water partition coefficient (Wildman–Crippen LogP) is 2.26. The van der Waals surface area contributed by atoms with Gasteiger partial charge in [-0.05, 0) is 24.1 Å². The van der Waals surface area contributed by atoms with Gasteiger partial charge in [0.1, 0.15) is 5.82 Å². The zero-order valence-electron chi connectivity index (χ0n) is 12.1. The Hall–Kier alpha value is -0.950. The maximum Gasteiger partial charge on any atom is 0.218 e. The molecule has 2 aliphatic heterocycles. The fourth-order valence-corrected chi connectivity index (χ4v) is 4.75. The van der Waals surface area contributed by atoms with E-state index in [1.165, 1.54) is 22.5 Å². The molecule has 0 bridgehead atoms. The van der Waals surface area contributed by atoms with Crippen LogP contribution in [0.5, 0.6) is 0 Å². The van der Waals surface area contributed by atoms with Gasteiger partial charge >= 0.3 is 0 Å². The van der Waals surface area contributed by atoms with Gasteiger partial charge in [0.15, 0.2) is 0 Å². The van der Waals surface area contributed by atoms with E-state index in [0.717, 1.165) is 19.5 Å². The molecule has 1 saturated heterocycles. The van der Waals surface area contributed by atoms with E-state index < -0.39 is 15.8 Å². The van der Waals surface area contributed by atoms with Crippen molar-refractivity contribution in [3.05, 3.63) is 46.8 Å². The van der Waals surface area contributed by atoms with E-state index in [1.54, 1.807) is 0 Å². The fraction of sp³-hybridized carbons (Fsp3) is 0.467. The highest BCUT2D eigenvalue weighted by molar-refractivity contribution is 7.88. The second-order valence-electron chi connectivity index (χ2n) is 5.73. The summed E-state index contributed by atoms with van der Waals surface area (Å²) in [6, 6.07) is 4.33. The number of rotatable bonds is 4. The van der Waals surface area contributed by atoms with Crippen molar-refractivity contribution in [3.8, 4) is 0 Å². The average Bonchev–Trinajstić information content (AvgIpc) is 3.12. The van der Waals surface area contributed by atoms with Gasteiger partial charge in [-0.3, -0.25) is 4.90 Å². The summed E-state index contributed by atoms with van der Waals surface area (Å²) in [5, 5.41) is -0.0462. The molecule has 0 N–H and O–H groups in total. The Morgan fingerprint density at radius 2 is 2.00 bits per heavy atom. The number of hydrogen-bond acceptors (Lipinski definition) is 3. The fourth-order valence-electron chi connectivity index (χ4n) is 2.99. The quantitative estimate of drug-likeness (QED) is 0.787. The van der Waals surface area contributed by atoms with E-state index in [9.17, 15) is 12.8 Å². The van der Waals surface area contributed by atoms with Gasteiger partial charge in [-0.25, -0.2) is 17.1 Å². The average molecular weight is 345 g/mol. The summed E-state index contributed by atoms with van der Waals surface area (Å²) in [5.74, 6) is -0.677. The van der Waals surface area contributed by atoms with Crippen LogP contribution in [-0.2, 0) is 15.8 Å². The Kier molecular flexibility index (Phi) is 4.54. The number of hydrogen-bond donors (Lipinski definition) is 0. The monoisotopic (exact) mass is 344 g/mol. The first-order valence-electron chi connectivity index (χ1n) is 7.26. The Labute approximate surface area is 135 Å². The minimum Gasteiger partial charge on any atom is -0.292 e. The number of benzene rings is 1. The molecule has 0 spiro atoms. The molecule has 3 rings (SSSR count). The van der Waals surface area contributed by atoms with E-state index in [1.807, 2.05) is 0 Å². The molecule has 4 nitrogen and oxygen atoms in total. The zero-order valence-corrected chi connectivity index (χ0v) is 13.7. The third kappa shape index (κ3) is 3.35. The van der Waals surface area contributed by atoms with E-state index in [-0.39, 0.29) is 16.8 Å². The standard InChI is InChI=1S/C15H18ClFN2O2S/c16-14-9-12(3-4-15(14)17)11-22(20,21)19-8-5-13(10-19)18-6-1-2-7-18/h1-4,9,13H,5-8,10-11H2. The molecule has 22 heavy (non-hydrogen) atoms. The van der Waals surface area contributed by atoms with Gasteiger partial charge in [0, 0.05) is 32.2 Å². The molecule has 0 saturated carbocycles. The van der Waals surface area contributed by atoms with Gasteiger partial charge in [-0.15, -0.1) is 0 Å². The topological polar surface area (TPSA) is 40.6 Å². The Balaban J connectivity index is 1.66. The number of halogens is 2. The van der Waals surface area contributed by atoms with Crippen molar-refractivity contribution < 1.29 is 12.8 Å². The first kappa shape index (κ1) is 15.9. The van der Waals surface area contributed by atoms with Crippen molar-refractivity contribution in [2.45, 2.75) is 18.2 Å². The maximum atomic E-state index is 13.2. The second-order valence-corrected chi connectivity index (χ2v) is 8.11. The molecule has 1 aromatic carbocycles. The van der Waals surface area contributed by atoms with Crippen molar-refractivity contribution in [1.29, 1.82) is 0 Å². The third-order valence-electron chi connectivity index (χ3n) is 4.22. The van der Waals surface area contributed by atoms with Crippen LogP contribution in [0.15, 0.2) is 30.4 Å². The molecule has 1 unspecified atom stereocenters. The smallest absolute Gasteiger partial charge is 0.218 e. The lowest BCUT2D eigenvalue weighted by molar-refractivity contribution is 0.261. The first-order chi connectivity index (χ1) is 10.5. The Bertz CT molecular complexity index is 685.